The third-order valence-corrected chi connectivity index (χ3v) is 19.1. The minimum absolute atomic E-state index is 0.0400. The van der Waals surface area contributed by atoms with Crippen LogP contribution in [0.3, 0.4) is 0 Å². The summed E-state index contributed by atoms with van der Waals surface area (Å²) in [7, 11) is 0. The molecule has 0 unspecified atom stereocenters. The standard InChI is InChI=1S/C76H76N10O12/c1-45-30-57(75(22-26-83(27-23-75)73(91)97-43-53-16-11-9-12-17-53)59-34-49(5)67(50(6)35-59)81-71(89)63-39-61(41-77-63)85(93)94)31-46(2)65(45)79-69(87)55-20-15-21-56(38-55)70(88)80-66-47(3)32-58(33-48(66)4)76(24-28-84(29-25-76)74(92)98-44-54-18-13-10-14-19-54)60-36-51(7)68(52(8)37-60)82-72(90)64-40-62(42-78-64)86(95)96/h9-21,30-42,77-78H,22-29,43-44H2,1-8H3,(H,79,87)(H,80,88)(H,81,89)(H,82,90). The summed E-state index contributed by atoms with van der Waals surface area (Å²) in [6.45, 7) is 17.0. The molecule has 2 aromatic heterocycles. The van der Waals surface area contributed by atoms with E-state index in [9.17, 15) is 49.0 Å². The van der Waals surface area contributed by atoms with Crippen LogP contribution < -0.4 is 21.3 Å². The predicted octanol–water partition coefficient (Wildman–Crippen LogP) is 15.1. The van der Waals surface area contributed by atoms with E-state index >= 15 is 0 Å². The first-order chi connectivity index (χ1) is 46.9. The van der Waals surface area contributed by atoms with Gasteiger partial charge >= 0.3 is 12.2 Å². The van der Waals surface area contributed by atoms with Crippen LogP contribution in [0.2, 0.25) is 0 Å². The van der Waals surface area contributed by atoms with Crippen LogP contribution in [0.15, 0.2) is 158 Å². The topological polar surface area (TPSA) is 293 Å². The molecule has 0 bridgehead atoms. The number of nitro groups is 2. The van der Waals surface area contributed by atoms with E-state index in [-0.39, 0.29) is 47.1 Å². The van der Waals surface area contributed by atoms with Crippen molar-refractivity contribution in [3.05, 3.63) is 279 Å². The van der Waals surface area contributed by atoms with Crippen molar-refractivity contribution in [2.45, 2.75) is 105 Å². The molecule has 6 N–H and O–H groups in total. The highest BCUT2D eigenvalue weighted by atomic mass is 16.6. The number of aromatic amines is 2. The second kappa shape index (κ2) is 28.3. The number of aromatic nitrogens is 2. The number of anilines is 4. The minimum Gasteiger partial charge on any atom is -0.445 e. The third-order valence-electron chi connectivity index (χ3n) is 19.1. The molecular formula is C76H76N10O12. The summed E-state index contributed by atoms with van der Waals surface area (Å²) in [6.07, 6.45) is 3.53. The third kappa shape index (κ3) is 14.3. The fourth-order valence-electron chi connectivity index (χ4n) is 13.8. The molecule has 22 heteroatoms. The van der Waals surface area contributed by atoms with Gasteiger partial charge in [0.2, 0.25) is 0 Å². The Kier molecular flexibility index (Phi) is 19.6. The number of H-pyrrole nitrogens is 2. The molecule has 2 aliphatic heterocycles. The smallest absolute Gasteiger partial charge is 0.410 e. The second-order valence-corrected chi connectivity index (χ2v) is 25.6. The van der Waals surface area contributed by atoms with Gasteiger partial charge in [0, 0.05) is 83.0 Å². The monoisotopic (exact) mass is 1320 g/mol. The van der Waals surface area contributed by atoms with E-state index in [1.165, 1.54) is 24.5 Å². The number of ether oxygens (including phenoxy) is 2. The Bertz CT molecular complexity index is 4240. The Labute approximate surface area is 566 Å². The molecule has 2 saturated heterocycles. The Morgan fingerprint density at radius 3 is 0.969 bits per heavy atom. The van der Waals surface area contributed by atoms with Gasteiger partial charge in [-0.05, 0) is 177 Å². The van der Waals surface area contributed by atoms with Crippen molar-refractivity contribution in [1.82, 2.24) is 19.8 Å². The average molecular weight is 1320 g/mol. The lowest BCUT2D eigenvalue weighted by molar-refractivity contribution is -0.384. The summed E-state index contributed by atoms with van der Waals surface area (Å²) < 4.78 is 11.6. The summed E-state index contributed by atoms with van der Waals surface area (Å²) >= 11 is 0. The van der Waals surface area contributed by atoms with Gasteiger partial charge in [0.15, 0.2) is 0 Å². The van der Waals surface area contributed by atoms with Crippen LogP contribution in [0.1, 0.15) is 145 Å². The SMILES string of the molecule is Cc1cc(C2(c3cc(C)c(NC(=O)c4cc([N+](=O)[O-])c[nH]4)c(C)c3)CCN(C(=O)OCc3ccccc3)CC2)cc(C)c1NC(=O)c1cccc(C(=O)Nc2c(C)cc(C3(c4cc(C)c(NC(=O)c5cc([N+](=O)[O-])c[nH]5)c(C)c4)CCN(C(=O)OCc4ccccc4)CC3)cc2C)c1. The number of piperidine rings is 2. The number of nitrogens with zero attached hydrogens (tertiary/aromatic N) is 4. The first-order valence-corrected chi connectivity index (χ1v) is 32.3. The number of likely N-dealkylation sites (tertiary alicyclic amines) is 2. The average Bonchev–Trinajstić information content (AvgIpc) is 0.862. The Morgan fingerprint density at radius 2 is 0.694 bits per heavy atom. The summed E-state index contributed by atoms with van der Waals surface area (Å²) in [5.74, 6) is -1.93. The van der Waals surface area contributed by atoms with Gasteiger partial charge in [0.1, 0.15) is 24.6 Å². The van der Waals surface area contributed by atoms with Gasteiger partial charge in [-0.25, -0.2) is 9.59 Å². The van der Waals surface area contributed by atoms with Gasteiger partial charge in [-0.2, -0.15) is 0 Å². The lowest BCUT2D eigenvalue weighted by Crippen LogP contribution is -2.46. The summed E-state index contributed by atoms with van der Waals surface area (Å²) in [5, 5.41) is 35.0. The number of amides is 6. The van der Waals surface area contributed by atoms with Crippen LogP contribution in [0, 0.1) is 75.6 Å². The molecule has 2 aliphatic rings. The highest BCUT2D eigenvalue weighted by Gasteiger charge is 2.43. The van der Waals surface area contributed by atoms with E-state index in [0.717, 1.165) is 77.9 Å². The Morgan fingerprint density at radius 1 is 0.408 bits per heavy atom. The zero-order valence-electron chi connectivity index (χ0n) is 55.8. The maximum atomic E-state index is 14.4. The van der Waals surface area contributed by atoms with E-state index < -0.39 is 56.5 Å². The van der Waals surface area contributed by atoms with Crippen molar-refractivity contribution in [3.63, 3.8) is 0 Å². The van der Waals surface area contributed by atoms with E-state index in [1.807, 2.05) is 140 Å². The van der Waals surface area contributed by atoms with Crippen molar-refractivity contribution in [3.8, 4) is 0 Å². The van der Waals surface area contributed by atoms with E-state index in [4.69, 9.17) is 9.47 Å². The molecule has 502 valence electrons. The van der Waals surface area contributed by atoms with Crippen LogP contribution >= 0.6 is 0 Å². The highest BCUT2D eigenvalue weighted by Crippen LogP contribution is 2.48. The summed E-state index contributed by atoms with van der Waals surface area (Å²) in [4.78, 5) is 113. The molecule has 98 heavy (non-hydrogen) atoms. The fourth-order valence-corrected chi connectivity index (χ4v) is 13.8. The number of aryl methyl sites for hydroxylation is 8. The molecule has 9 aromatic rings. The van der Waals surface area contributed by atoms with E-state index in [0.29, 0.717) is 74.6 Å². The molecule has 0 aliphatic carbocycles. The van der Waals surface area contributed by atoms with Crippen LogP contribution in [0.25, 0.3) is 0 Å². The van der Waals surface area contributed by atoms with Crippen molar-refractivity contribution < 1.29 is 48.1 Å². The number of carbonyl (C=O) groups is 6. The first-order valence-electron chi connectivity index (χ1n) is 32.3. The molecule has 0 radical (unpaired) electrons. The largest absolute Gasteiger partial charge is 0.445 e. The Balaban J connectivity index is 0.825. The van der Waals surface area contributed by atoms with E-state index in [2.05, 4.69) is 55.5 Å². The molecule has 7 aromatic carbocycles. The Hall–Kier alpha value is -11.7. The molecule has 4 heterocycles. The summed E-state index contributed by atoms with van der Waals surface area (Å²) in [6, 6.07) is 44.2. The normalized spacial score (nSPS) is 14.0. The molecule has 6 amide bonds. The van der Waals surface area contributed by atoms with Gasteiger partial charge in [0.05, 0.1) is 22.2 Å². The molecule has 22 nitrogen and oxygen atoms in total. The van der Waals surface area contributed by atoms with Gasteiger partial charge in [0.25, 0.3) is 35.0 Å². The van der Waals surface area contributed by atoms with E-state index in [1.54, 1.807) is 34.1 Å². The predicted molar refractivity (Wildman–Crippen MR) is 373 cm³/mol. The van der Waals surface area contributed by atoms with Gasteiger partial charge in [-0.3, -0.25) is 39.4 Å². The number of hydrogen-bond acceptors (Lipinski definition) is 12. The number of hydrogen-bond donors (Lipinski definition) is 6. The zero-order valence-corrected chi connectivity index (χ0v) is 55.8. The van der Waals surface area contributed by atoms with Crippen molar-refractivity contribution in [2.75, 3.05) is 47.4 Å². The first kappa shape index (κ1) is 67.7. The fraction of sp³-hybridized carbons (Fsp3) is 0.263. The van der Waals surface area contributed by atoms with Gasteiger partial charge in [-0.1, -0.05) is 115 Å². The second-order valence-electron chi connectivity index (χ2n) is 25.6. The lowest BCUT2D eigenvalue weighted by Gasteiger charge is -2.43. The van der Waals surface area contributed by atoms with Crippen LogP contribution in [0.4, 0.5) is 43.7 Å². The molecule has 11 rings (SSSR count). The number of benzene rings is 7. The van der Waals surface area contributed by atoms with Crippen molar-refractivity contribution in [1.29, 1.82) is 0 Å². The number of carbonyl (C=O) groups excluding carboxylic acids is 6. The van der Waals surface area contributed by atoms with Crippen LogP contribution in [-0.2, 0) is 33.5 Å². The molecule has 2 fully saturated rings. The number of nitrogens with one attached hydrogen (secondary N) is 6. The minimum atomic E-state index is -0.654. The van der Waals surface area contributed by atoms with Gasteiger partial charge < -0.3 is 50.5 Å². The zero-order chi connectivity index (χ0) is 69.7. The summed E-state index contributed by atoms with van der Waals surface area (Å²) in [5.41, 5.74) is 12.9. The molecule has 0 saturated carbocycles. The maximum Gasteiger partial charge on any atom is 0.410 e. The molecule has 0 atom stereocenters. The highest BCUT2D eigenvalue weighted by molar-refractivity contribution is 6.10. The maximum absolute atomic E-state index is 14.4. The number of rotatable bonds is 18. The van der Waals surface area contributed by atoms with Crippen molar-refractivity contribution >= 4 is 69.9 Å². The molecular weight excluding hydrogens is 1240 g/mol. The molecule has 0 spiro atoms. The quantitative estimate of drug-likeness (QED) is 0.0345. The van der Waals surface area contributed by atoms with Crippen LogP contribution in [0.5, 0.6) is 0 Å². The van der Waals surface area contributed by atoms with Crippen LogP contribution in [-0.4, -0.2) is 91.6 Å². The lowest BCUT2D eigenvalue weighted by atomic mass is 9.67. The van der Waals surface area contributed by atoms with Crippen molar-refractivity contribution in [2.24, 2.45) is 0 Å². The van der Waals surface area contributed by atoms with Gasteiger partial charge in [-0.15, -0.1) is 0 Å².